The predicted molar refractivity (Wildman–Crippen MR) is 91.7 cm³/mol. The summed E-state index contributed by atoms with van der Waals surface area (Å²) in [6.07, 6.45) is 8.49. The van der Waals surface area contributed by atoms with Gasteiger partial charge >= 0.3 is 0 Å². The number of carbonyl (C=O) groups excluding carboxylic acids is 2. The zero-order valence-corrected chi connectivity index (χ0v) is 14.6. The highest BCUT2D eigenvalue weighted by Gasteiger charge is 2.27. The van der Waals surface area contributed by atoms with Gasteiger partial charge in [-0.05, 0) is 31.7 Å². The summed E-state index contributed by atoms with van der Waals surface area (Å²) in [5.74, 6) is 0.144. The Hall–Kier alpha value is -2.02. The van der Waals surface area contributed by atoms with Gasteiger partial charge in [-0.1, -0.05) is 6.42 Å². The minimum atomic E-state index is 0.0208. The number of likely N-dealkylation sites (tertiary alicyclic amines) is 1. The van der Waals surface area contributed by atoms with Gasteiger partial charge in [-0.3, -0.25) is 9.59 Å². The van der Waals surface area contributed by atoms with Crippen molar-refractivity contribution in [1.82, 2.24) is 19.8 Å². The number of carbonyl (C=O) groups is 2. The molecule has 0 N–H and O–H groups in total. The first-order valence-corrected chi connectivity index (χ1v) is 9.14. The largest absolute Gasteiger partial charge is 0.375 e. The van der Waals surface area contributed by atoms with Gasteiger partial charge in [0, 0.05) is 37.9 Å². The summed E-state index contributed by atoms with van der Waals surface area (Å²) in [5, 5.41) is 0. The van der Waals surface area contributed by atoms with E-state index >= 15 is 0 Å². The summed E-state index contributed by atoms with van der Waals surface area (Å²) in [5.41, 5.74) is 0.984. The molecule has 2 saturated heterocycles. The highest BCUT2D eigenvalue weighted by Crippen LogP contribution is 2.14. The van der Waals surface area contributed by atoms with Crippen molar-refractivity contribution >= 4 is 11.8 Å². The zero-order valence-electron chi connectivity index (χ0n) is 14.6. The molecule has 2 aliphatic heterocycles. The van der Waals surface area contributed by atoms with Crippen LogP contribution >= 0.6 is 0 Å². The molecule has 7 heteroatoms. The maximum Gasteiger partial charge on any atom is 0.242 e. The van der Waals surface area contributed by atoms with E-state index in [-0.39, 0.29) is 24.5 Å². The van der Waals surface area contributed by atoms with Crippen molar-refractivity contribution < 1.29 is 14.3 Å². The van der Waals surface area contributed by atoms with Crippen LogP contribution < -0.4 is 0 Å². The van der Waals surface area contributed by atoms with Crippen LogP contribution in [0.2, 0.25) is 0 Å². The fraction of sp³-hybridized carbons (Fsp3) is 0.667. The van der Waals surface area contributed by atoms with Crippen molar-refractivity contribution in [2.75, 3.05) is 32.8 Å². The van der Waals surface area contributed by atoms with Crippen LogP contribution in [0, 0.1) is 0 Å². The van der Waals surface area contributed by atoms with Gasteiger partial charge < -0.3 is 14.5 Å². The zero-order chi connectivity index (χ0) is 17.5. The number of aromatic nitrogens is 2. The van der Waals surface area contributed by atoms with E-state index in [0.29, 0.717) is 32.7 Å². The molecule has 2 aliphatic rings. The van der Waals surface area contributed by atoms with E-state index in [0.717, 1.165) is 37.8 Å². The fourth-order valence-electron chi connectivity index (χ4n) is 3.36. The number of hydrogen-bond acceptors (Lipinski definition) is 5. The summed E-state index contributed by atoms with van der Waals surface area (Å²) in [6, 6.07) is 1.90. The Kier molecular flexibility index (Phi) is 6.33. The number of morpholine rings is 1. The molecule has 0 saturated carbocycles. The lowest BCUT2D eigenvalue weighted by Gasteiger charge is -2.34. The Balaban J connectivity index is 1.48. The van der Waals surface area contributed by atoms with Crippen LogP contribution in [0.4, 0.5) is 0 Å². The van der Waals surface area contributed by atoms with E-state index < -0.39 is 0 Å². The lowest BCUT2D eigenvalue weighted by molar-refractivity contribution is -0.145. The smallest absolute Gasteiger partial charge is 0.242 e. The van der Waals surface area contributed by atoms with Crippen molar-refractivity contribution in [3.05, 3.63) is 24.3 Å². The normalized spacial score (nSPS) is 21.9. The molecule has 0 bridgehead atoms. The van der Waals surface area contributed by atoms with Crippen molar-refractivity contribution in [2.45, 2.75) is 44.6 Å². The second-order valence-corrected chi connectivity index (χ2v) is 6.70. The van der Waals surface area contributed by atoms with Gasteiger partial charge in [0.25, 0.3) is 0 Å². The number of hydrogen-bond donors (Lipinski definition) is 0. The van der Waals surface area contributed by atoms with E-state index in [9.17, 15) is 9.59 Å². The predicted octanol–water partition coefficient (Wildman–Crippen LogP) is 1.04. The number of nitrogens with zero attached hydrogens (tertiary/aromatic N) is 4. The molecule has 0 aromatic carbocycles. The van der Waals surface area contributed by atoms with Crippen LogP contribution in [0.3, 0.4) is 0 Å². The van der Waals surface area contributed by atoms with Crippen molar-refractivity contribution in [3.63, 3.8) is 0 Å². The molecule has 0 spiro atoms. The number of rotatable bonds is 5. The third-order valence-corrected chi connectivity index (χ3v) is 4.85. The molecule has 3 rings (SSSR count). The number of amides is 2. The van der Waals surface area contributed by atoms with Crippen LogP contribution in [0.25, 0.3) is 0 Å². The molecular formula is C18H26N4O3. The van der Waals surface area contributed by atoms with Crippen LogP contribution in [0.5, 0.6) is 0 Å². The SMILES string of the molecule is O=C1CCCCCN1CC(=O)N1CCO[C@H](CCc2ccncn2)C1. The van der Waals surface area contributed by atoms with Crippen molar-refractivity contribution in [3.8, 4) is 0 Å². The average molecular weight is 346 g/mol. The molecule has 2 fully saturated rings. The molecule has 1 atom stereocenters. The molecule has 1 aromatic rings. The molecule has 0 unspecified atom stereocenters. The molecule has 2 amide bonds. The molecular weight excluding hydrogens is 320 g/mol. The Labute approximate surface area is 148 Å². The highest BCUT2D eigenvalue weighted by molar-refractivity contribution is 5.85. The Bertz CT molecular complexity index is 581. The average Bonchev–Trinajstić information content (AvgIpc) is 2.85. The van der Waals surface area contributed by atoms with Gasteiger partial charge in [0.1, 0.15) is 6.33 Å². The number of aryl methyl sites for hydroxylation is 1. The van der Waals surface area contributed by atoms with E-state index in [1.165, 1.54) is 0 Å². The van der Waals surface area contributed by atoms with E-state index in [2.05, 4.69) is 9.97 Å². The van der Waals surface area contributed by atoms with Crippen LogP contribution in [0.15, 0.2) is 18.6 Å². The van der Waals surface area contributed by atoms with Crippen LogP contribution in [0.1, 0.15) is 37.8 Å². The monoisotopic (exact) mass is 346 g/mol. The second-order valence-electron chi connectivity index (χ2n) is 6.70. The standard InChI is InChI=1S/C18H26N4O3/c23-17-4-2-1-3-9-21(17)13-18(24)22-10-11-25-16(12-22)6-5-15-7-8-19-14-20-15/h7-8,14,16H,1-6,9-13H2/t16-/m1/s1. The summed E-state index contributed by atoms with van der Waals surface area (Å²) in [4.78, 5) is 36.4. The van der Waals surface area contributed by atoms with Gasteiger partial charge in [0.2, 0.25) is 11.8 Å². The second kappa shape index (κ2) is 8.89. The minimum absolute atomic E-state index is 0.0208. The van der Waals surface area contributed by atoms with Crippen LogP contribution in [-0.4, -0.2) is 70.5 Å². The van der Waals surface area contributed by atoms with Gasteiger partial charge in [-0.25, -0.2) is 9.97 Å². The summed E-state index contributed by atoms with van der Waals surface area (Å²) in [6.45, 7) is 2.65. The third kappa shape index (κ3) is 5.22. The van der Waals surface area contributed by atoms with Crippen LogP contribution in [-0.2, 0) is 20.7 Å². The van der Waals surface area contributed by atoms with E-state index in [1.807, 2.05) is 11.0 Å². The molecule has 136 valence electrons. The van der Waals surface area contributed by atoms with E-state index in [1.54, 1.807) is 17.4 Å². The summed E-state index contributed by atoms with van der Waals surface area (Å²) >= 11 is 0. The van der Waals surface area contributed by atoms with Crippen molar-refractivity contribution in [2.24, 2.45) is 0 Å². The topological polar surface area (TPSA) is 75.6 Å². The molecule has 1 aromatic heterocycles. The Morgan fingerprint density at radius 3 is 3.04 bits per heavy atom. The van der Waals surface area contributed by atoms with Gasteiger partial charge in [-0.2, -0.15) is 0 Å². The third-order valence-electron chi connectivity index (χ3n) is 4.85. The maximum atomic E-state index is 12.6. The first-order valence-electron chi connectivity index (χ1n) is 9.14. The molecule has 7 nitrogen and oxygen atoms in total. The quantitative estimate of drug-likeness (QED) is 0.796. The van der Waals surface area contributed by atoms with E-state index in [4.69, 9.17) is 4.74 Å². The first-order chi connectivity index (χ1) is 12.2. The lowest BCUT2D eigenvalue weighted by Crippen LogP contribution is -2.50. The first kappa shape index (κ1) is 17.8. The molecule has 0 radical (unpaired) electrons. The molecule has 0 aliphatic carbocycles. The summed E-state index contributed by atoms with van der Waals surface area (Å²) in [7, 11) is 0. The van der Waals surface area contributed by atoms with Gasteiger partial charge in [-0.15, -0.1) is 0 Å². The summed E-state index contributed by atoms with van der Waals surface area (Å²) < 4.78 is 5.79. The Morgan fingerprint density at radius 2 is 2.20 bits per heavy atom. The number of ether oxygens (including phenoxy) is 1. The minimum Gasteiger partial charge on any atom is -0.375 e. The fourth-order valence-corrected chi connectivity index (χ4v) is 3.36. The maximum absolute atomic E-state index is 12.6. The molecule has 25 heavy (non-hydrogen) atoms. The van der Waals surface area contributed by atoms with Gasteiger partial charge in [0.05, 0.1) is 19.3 Å². The van der Waals surface area contributed by atoms with Crippen molar-refractivity contribution in [1.29, 1.82) is 0 Å². The Morgan fingerprint density at radius 1 is 1.28 bits per heavy atom. The van der Waals surface area contributed by atoms with Gasteiger partial charge in [0.15, 0.2) is 0 Å². The lowest BCUT2D eigenvalue weighted by atomic mass is 10.1. The molecule has 3 heterocycles. The highest BCUT2D eigenvalue weighted by atomic mass is 16.5.